The Hall–Kier alpha value is -1.95. The molecule has 1 aliphatic carbocycles. The molecule has 1 N–H and O–H groups in total. The normalized spacial score (nSPS) is 13.0. The summed E-state index contributed by atoms with van der Waals surface area (Å²) in [5, 5.41) is 6.79. The Bertz CT molecular complexity index is 669. The third-order valence-corrected chi connectivity index (χ3v) is 4.59. The van der Waals surface area contributed by atoms with E-state index in [-0.39, 0.29) is 5.91 Å². The minimum atomic E-state index is -0.121. The highest BCUT2D eigenvalue weighted by atomic mass is 32.1. The highest BCUT2D eigenvalue weighted by molar-refractivity contribution is 7.08. The number of benzene rings is 1. The molecule has 5 nitrogen and oxygen atoms in total. The molecule has 0 saturated carbocycles. The topological polar surface area (TPSA) is 64.1 Å². The van der Waals surface area contributed by atoms with Crippen LogP contribution in [-0.2, 0) is 19.3 Å². The second-order valence-corrected chi connectivity index (χ2v) is 6.04. The monoisotopic (exact) mass is 317 g/mol. The van der Waals surface area contributed by atoms with Crippen molar-refractivity contribution in [3.8, 4) is 5.75 Å². The van der Waals surface area contributed by atoms with Crippen molar-refractivity contribution in [2.24, 2.45) is 0 Å². The molecule has 22 heavy (non-hydrogen) atoms. The average Bonchev–Trinajstić information content (AvgIpc) is 3.19. The molecule has 1 amide bonds. The number of rotatable bonds is 6. The summed E-state index contributed by atoms with van der Waals surface area (Å²) in [7, 11) is 0. The fourth-order valence-corrected chi connectivity index (χ4v) is 3.33. The number of aryl methyl sites for hydroxylation is 3. The van der Waals surface area contributed by atoms with E-state index in [1.807, 2.05) is 13.0 Å². The maximum atomic E-state index is 12.0. The number of fused-ring (bicyclic) bond motifs is 1. The molecule has 0 saturated heterocycles. The van der Waals surface area contributed by atoms with Crippen LogP contribution in [0, 0.1) is 0 Å². The minimum Gasteiger partial charge on any atom is -0.492 e. The zero-order chi connectivity index (χ0) is 15.4. The molecule has 6 heteroatoms. The fraction of sp³-hybridized carbons (Fsp3) is 0.438. The molecule has 1 heterocycles. The number of aromatic nitrogens is 2. The van der Waals surface area contributed by atoms with Crippen molar-refractivity contribution < 1.29 is 9.53 Å². The predicted molar refractivity (Wildman–Crippen MR) is 85.6 cm³/mol. The van der Waals surface area contributed by atoms with E-state index in [9.17, 15) is 4.79 Å². The lowest BCUT2D eigenvalue weighted by Crippen LogP contribution is -2.28. The zero-order valence-corrected chi connectivity index (χ0v) is 13.4. The van der Waals surface area contributed by atoms with Gasteiger partial charge in [-0.05, 0) is 60.5 Å². The van der Waals surface area contributed by atoms with Crippen molar-refractivity contribution in [1.29, 1.82) is 0 Å². The van der Waals surface area contributed by atoms with Gasteiger partial charge in [0.15, 0.2) is 0 Å². The first-order valence-corrected chi connectivity index (χ1v) is 8.39. The first-order chi connectivity index (χ1) is 10.8. The third kappa shape index (κ3) is 3.27. The molecule has 0 aliphatic heterocycles. The molecule has 2 aromatic rings. The van der Waals surface area contributed by atoms with Crippen LogP contribution < -0.4 is 10.1 Å². The number of carbonyl (C=O) groups is 1. The summed E-state index contributed by atoms with van der Waals surface area (Å²) in [6, 6.07) is 6.27. The van der Waals surface area contributed by atoms with Crippen LogP contribution >= 0.6 is 11.5 Å². The van der Waals surface area contributed by atoms with Gasteiger partial charge in [0.25, 0.3) is 5.91 Å². The second kappa shape index (κ2) is 6.87. The van der Waals surface area contributed by atoms with Gasteiger partial charge in [-0.25, -0.2) is 0 Å². The summed E-state index contributed by atoms with van der Waals surface area (Å²) >= 11 is 1.14. The Morgan fingerprint density at radius 1 is 1.36 bits per heavy atom. The van der Waals surface area contributed by atoms with Crippen LogP contribution in [0.25, 0.3) is 0 Å². The number of hydrogen-bond acceptors (Lipinski definition) is 5. The molecule has 0 atom stereocenters. The van der Waals surface area contributed by atoms with Gasteiger partial charge < -0.3 is 10.1 Å². The van der Waals surface area contributed by atoms with Gasteiger partial charge in [0.2, 0.25) is 0 Å². The van der Waals surface area contributed by atoms with Gasteiger partial charge in [-0.15, -0.1) is 5.10 Å². The van der Waals surface area contributed by atoms with Crippen LogP contribution in [-0.4, -0.2) is 28.6 Å². The van der Waals surface area contributed by atoms with E-state index in [0.717, 1.165) is 29.4 Å². The van der Waals surface area contributed by atoms with Gasteiger partial charge in [0, 0.05) is 0 Å². The quantitative estimate of drug-likeness (QED) is 0.831. The second-order valence-electron chi connectivity index (χ2n) is 5.29. The average molecular weight is 317 g/mol. The van der Waals surface area contributed by atoms with Crippen LogP contribution in [0.4, 0.5) is 0 Å². The summed E-state index contributed by atoms with van der Waals surface area (Å²) < 4.78 is 9.54. The molecule has 0 fully saturated rings. The Balaban J connectivity index is 1.46. The highest BCUT2D eigenvalue weighted by Gasteiger charge is 2.14. The van der Waals surface area contributed by atoms with Crippen molar-refractivity contribution in [3.05, 3.63) is 39.9 Å². The molecular formula is C16H19N3O2S. The number of nitrogens with zero attached hydrogens (tertiary/aromatic N) is 2. The summed E-state index contributed by atoms with van der Waals surface area (Å²) in [6.45, 7) is 2.89. The van der Waals surface area contributed by atoms with Crippen molar-refractivity contribution in [2.75, 3.05) is 13.2 Å². The van der Waals surface area contributed by atoms with Crippen LogP contribution in [0.3, 0.4) is 0 Å². The highest BCUT2D eigenvalue weighted by Crippen LogP contribution is 2.25. The molecule has 0 spiro atoms. The Kier molecular flexibility index (Phi) is 4.68. The standard InChI is InChI=1S/C16H19N3O2S/c1-2-14-15(22-19-18-14)16(20)17-8-9-21-13-7-6-11-4-3-5-12(11)10-13/h6-7,10H,2-5,8-9H2,1H3,(H,17,20). The minimum absolute atomic E-state index is 0.121. The van der Waals surface area contributed by atoms with Gasteiger partial charge in [0.1, 0.15) is 17.2 Å². The molecule has 1 aromatic heterocycles. The Morgan fingerprint density at radius 3 is 3.09 bits per heavy atom. The first kappa shape index (κ1) is 15.0. The van der Waals surface area contributed by atoms with E-state index in [1.54, 1.807) is 0 Å². The first-order valence-electron chi connectivity index (χ1n) is 7.62. The lowest BCUT2D eigenvalue weighted by molar-refractivity contribution is 0.0950. The van der Waals surface area contributed by atoms with Gasteiger partial charge in [-0.2, -0.15) is 0 Å². The van der Waals surface area contributed by atoms with Crippen LogP contribution in [0.15, 0.2) is 18.2 Å². The smallest absolute Gasteiger partial charge is 0.265 e. The number of nitrogens with one attached hydrogen (secondary N) is 1. The number of carbonyl (C=O) groups excluding carboxylic acids is 1. The summed E-state index contributed by atoms with van der Waals surface area (Å²) in [4.78, 5) is 12.6. The molecule has 0 radical (unpaired) electrons. The van der Waals surface area contributed by atoms with E-state index in [0.29, 0.717) is 24.4 Å². The lowest BCUT2D eigenvalue weighted by atomic mass is 10.1. The number of hydrogen-bond donors (Lipinski definition) is 1. The molecule has 1 aromatic carbocycles. The van der Waals surface area contributed by atoms with Crippen LogP contribution in [0.2, 0.25) is 0 Å². The predicted octanol–water partition coefficient (Wildman–Crippen LogP) is 2.40. The SMILES string of the molecule is CCc1nnsc1C(=O)NCCOc1ccc2c(c1)CCC2. The van der Waals surface area contributed by atoms with Crippen LogP contribution in [0.1, 0.15) is 39.8 Å². The Labute approximate surface area is 133 Å². The van der Waals surface area contributed by atoms with E-state index in [1.165, 1.54) is 24.0 Å². The molecule has 0 unspecified atom stereocenters. The van der Waals surface area contributed by atoms with Gasteiger partial charge >= 0.3 is 0 Å². The molecule has 0 bridgehead atoms. The van der Waals surface area contributed by atoms with Gasteiger partial charge in [0.05, 0.1) is 12.2 Å². The van der Waals surface area contributed by atoms with Crippen LogP contribution in [0.5, 0.6) is 5.75 Å². The molecule has 116 valence electrons. The van der Waals surface area contributed by atoms with E-state index >= 15 is 0 Å². The van der Waals surface area contributed by atoms with Crippen molar-refractivity contribution in [1.82, 2.24) is 14.9 Å². The summed E-state index contributed by atoms with van der Waals surface area (Å²) in [5.41, 5.74) is 3.58. The maximum Gasteiger partial charge on any atom is 0.265 e. The fourth-order valence-electron chi connectivity index (χ4n) is 2.66. The number of ether oxygens (including phenoxy) is 1. The molecule has 3 rings (SSSR count). The largest absolute Gasteiger partial charge is 0.492 e. The summed E-state index contributed by atoms with van der Waals surface area (Å²) in [5.74, 6) is 0.757. The van der Waals surface area contributed by atoms with E-state index in [2.05, 4.69) is 27.0 Å². The molecule has 1 aliphatic rings. The Morgan fingerprint density at radius 2 is 2.23 bits per heavy atom. The van der Waals surface area contributed by atoms with E-state index in [4.69, 9.17) is 4.74 Å². The third-order valence-electron chi connectivity index (χ3n) is 3.82. The van der Waals surface area contributed by atoms with Crippen molar-refractivity contribution in [3.63, 3.8) is 0 Å². The number of amides is 1. The van der Waals surface area contributed by atoms with Crippen molar-refractivity contribution >= 4 is 17.4 Å². The maximum absolute atomic E-state index is 12.0. The zero-order valence-electron chi connectivity index (χ0n) is 12.6. The van der Waals surface area contributed by atoms with Crippen molar-refractivity contribution in [2.45, 2.75) is 32.6 Å². The summed E-state index contributed by atoms with van der Waals surface area (Å²) in [6.07, 6.45) is 4.26. The van der Waals surface area contributed by atoms with E-state index < -0.39 is 0 Å². The lowest BCUT2D eigenvalue weighted by Gasteiger charge is -2.09. The molecular weight excluding hydrogens is 298 g/mol. The van der Waals surface area contributed by atoms with Gasteiger partial charge in [-0.1, -0.05) is 17.5 Å². The van der Waals surface area contributed by atoms with Gasteiger partial charge in [-0.3, -0.25) is 4.79 Å².